The average Bonchev–Trinajstić information content (AvgIpc) is 2.30. The van der Waals surface area contributed by atoms with Crippen LogP contribution in [0.3, 0.4) is 0 Å². The number of ether oxygens (including phenoxy) is 1. The van der Waals surface area contributed by atoms with Crippen molar-refractivity contribution in [1.29, 1.82) is 0 Å². The number of nitrogens with one attached hydrogen (secondary N) is 1. The second-order valence-corrected chi connectivity index (χ2v) is 4.23. The van der Waals surface area contributed by atoms with Crippen LogP contribution in [0, 0.1) is 0 Å². The first-order chi connectivity index (χ1) is 7.69. The average molecular weight is 232 g/mol. The fraction of sp³-hybridized carbons (Fsp3) is 1.00. The zero-order chi connectivity index (χ0) is 12.4. The minimum atomic E-state index is 0.166. The molecule has 0 aliphatic rings. The topological polar surface area (TPSA) is 44.7 Å². The molecule has 0 rings (SSSR count). The molecule has 0 bridgehead atoms. The number of rotatable bonds is 10. The minimum absolute atomic E-state index is 0.166. The van der Waals surface area contributed by atoms with Crippen molar-refractivity contribution in [1.82, 2.24) is 10.2 Å². The number of aliphatic hydroxyl groups is 1. The standard InChI is InChI=1S/C12H28N2O2/c1-5-7-13-12(9-15)8-14(6-2)11(3)10-16-4/h11-13,15H,5-10H2,1-4H3. The Hall–Kier alpha value is -0.160. The van der Waals surface area contributed by atoms with E-state index in [0.29, 0.717) is 6.04 Å². The van der Waals surface area contributed by atoms with Gasteiger partial charge in [-0.05, 0) is 26.4 Å². The van der Waals surface area contributed by atoms with E-state index in [4.69, 9.17) is 4.74 Å². The number of nitrogens with zero attached hydrogens (tertiary/aromatic N) is 1. The third-order valence-electron chi connectivity index (χ3n) is 2.80. The van der Waals surface area contributed by atoms with E-state index in [0.717, 1.165) is 32.7 Å². The van der Waals surface area contributed by atoms with Crippen LogP contribution in [0.1, 0.15) is 27.2 Å². The van der Waals surface area contributed by atoms with E-state index >= 15 is 0 Å². The predicted octanol–water partition coefficient (Wildman–Crippen LogP) is 0.704. The molecule has 0 saturated carbocycles. The van der Waals surface area contributed by atoms with Gasteiger partial charge in [0.25, 0.3) is 0 Å². The van der Waals surface area contributed by atoms with Crippen LogP contribution in [0.15, 0.2) is 0 Å². The lowest BCUT2D eigenvalue weighted by Crippen LogP contribution is -2.47. The van der Waals surface area contributed by atoms with Crippen molar-refractivity contribution in [2.24, 2.45) is 0 Å². The number of methoxy groups -OCH3 is 1. The van der Waals surface area contributed by atoms with Crippen molar-refractivity contribution < 1.29 is 9.84 Å². The highest BCUT2D eigenvalue weighted by atomic mass is 16.5. The van der Waals surface area contributed by atoms with Gasteiger partial charge in [-0.3, -0.25) is 4.90 Å². The van der Waals surface area contributed by atoms with Gasteiger partial charge in [0.05, 0.1) is 13.2 Å². The van der Waals surface area contributed by atoms with Crippen molar-refractivity contribution in [2.45, 2.75) is 39.3 Å². The lowest BCUT2D eigenvalue weighted by molar-refractivity contribution is 0.0875. The Bertz CT molecular complexity index is 156. The van der Waals surface area contributed by atoms with E-state index in [1.165, 1.54) is 0 Å². The van der Waals surface area contributed by atoms with E-state index in [2.05, 4.69) is 31.0 Å². The number of hydrogen-bond donors (Lipinski definition) is 2. The number of likely N-dealkylation sites (N-methyl/N-ethyl adjacent to an activating group) is 1. The summed E-state index contributed by atoms with van der Waals surface area (Å²) in [6.07, 6.45) is 1.09. The summed E-state index contributed by atoms with van der Waals surface area (Å²) in [4.78, 5) is 2.33. The molecule has 0 radical (unpaired) electrons. The highest BCUT2D eigenvalue weighted by Gasteiger charge is 2.16. The summed E-state index contributed by atoms with van der Waals surface area (Å²) in [6.45, 7) is 10.2. The van der Waals surface area contributed by atoms with E-state index in [1.807, 2.05) is 0 Å². The van der Waals surface area contributed by atoms with Gasteiger partial charge in [-0.25, -0.2) is 0 Å². The van der Waals surface area contributed by atoms with Gasteiger partial charge < -0.3 is 15.2 Å². The van der Waals surface area contributed by atoms with Crippen LogP contribution in [0.4, 0.5) is 0 Å². The van der Waals surface area contributed by atoms with Gasteiger partial charge in [0, 0.05) is 25.7 Å². The molecule has 16 heavy (non-hydrogen) atoms. The molecule has 0 aromatic rings. The van der Waals surface area contributed by atoms with Crippen LogP contribution in [-0.2, 0) is 4.74 Å². The van der Waals surface area contributed by atoms with Gasteiger partial charge in [0.15, 0.2) is 0 Å². The Morgan fingerprint density at radius 3 is 2.50 bits per heavy atom. The van der Waals surface area contributed by atoms with Crippen LogP contribution < -0.4 is 5.32 Å². The summed E-state index contributed by atoms with van der Waals surface area (Å²) < 4.78 is 5.16. The maximum absolute atomic E-state index is 9.29. The molecule has 0 aliphatic carbocycles. The summed E-state index contributed by atoms with van der Waals surface area (Å²) in [5, 5.41) is 12.6. The molecule has 98 valence electrons. The van der Waals surface area contributed by atoms with Gasteiger partial charge in [0.2, 0.25) is 0 Å². The lowest BCUT2D eigenvalue weighted by atomic mass is 10.2. The first-order valence-electron chi connectivity index (χ1n) is 6.26. The second kappa shape index (κ2) is 10.0. The summed E-state index contributed by atoms with van der Waals surface area (Å²) in [5.74, 6) is 0. The van der Waals surface area contributed by atoms with E-state index in [1.54, 1.807) is 7.11 Å². The molecule has 2 atom stereocenters. The van der Waals surface area contributed by atoms with Crippen LogP contribution in [-0.4, -0.2) is 62.0 Å². The van der Waals surface area contributed by atoms with Crippen LogP contribution >= 0.6 is 0 Å². The molecule has 0 amide bonds. The molecule has 0 heterocycles. The van der Waals surface area contributed by atoms with Crippen molar-refractivity contribution in [2.75, 3.05) is 40.0 Å². The van der Waals surface area contributed by atoms with Gasteiger partial charge in [-0.2, -0.15) is 0 Å². The Kier molecular flexibility index (Phi) is 9.92. The molecule has 0 aromatic carbocycles. The molecule has 4 heteroatoms. The molecular weight excluding hydrogens is 204 g/mol. The smallest absolute Gasteiger partial charge is 0.0615 e. The Morgan fingerprint density at radius 2 is 2.06 bits per heavy atom. The summed E-state index contributed by atoms with van der Waals surface area (Å²) >= 11 is 0. The van der Waals surface area contributed by atoms with Crippen molar-refractivity contribution in [3.05, 3.63) is 0 Å². The zero-order valence-electron chi connectivity index (χ0n) is 11.2. The quantitative estimate of drug-likeness (QED) is 0.582. The summed E-state index contributed by atoms with van der Waals surface area (Å²) in [7, 11) is 1.73. The van der Waals surface area contributed by atoms with Crippen LogP contribution in [0.2, 0.25) is 0 Å². The maximum atomic E-state index is 9.29. The molecular formula is C12H28N2O2. The molecule has 4 nitrogen and oxygen atoms in total. The fourth-order valence-corrected chi connectivity index (χ4v) is 1.79. The Balaban J connectivity index is 4.04. The van der Waals surface area contributed by atoms with Crippen molar-refractivity contribution in [3.63, 3.8) is 0 Å². The molecule has 0 saturated heterocycles. The predicted molar refractivity (Wildman–Crippen MR) is 67.8 cm³/mol. The third kappa shape index (κ3) is 6.43. The first kappa shape index (κ1) is 15.8. The third-order valence-corrected chi connectivity index (χ3v) is 2.80. The molecule has 0 spiro atoms. The normalized spacial score (nSPS) is 15.4. The molecule has 2 unspecified atom stereocenters. The van der Waals surface area contributed by atoms with E-state index in [-0.39, 0.29) is 12.6 Å². The fourth-order valence-electron chi connectivity index (χ4n) is 1.79. The van der Waals surface area contributed by atoms with Gasteiger partial charge >= 0.3 is 0 Å². The summed E-state index contributed by atoms with van der Waals surface area (Å²) in [6, 6.07) is 0.562. The van der Waals surface area contributed by atoms with E-state index < -0.39 is 0 Å². The highest BCUT2D eigenvalue weighted by molar-refractivity contribution is 4.74. The SMILES string of the molecule is CCCNC(CO)CN(CC)C(C)COC. The van der Waals surface area contributed by atoms with Crippen molar-refractivity contribution in [3.8, 4) is 0 Å². The monoisotopic (exact) mass is 232 g/mol. The number of aliphatic hydroxyl groups excluding tert-OH is 1. The largest absolute Gasteiger partial charge is 0.395 e. The molecule has 0 fully saturated rings. The van der Waals surface area contributed by atoms with Gasteiger partial charge in [-0.15, -0.1) is 0 Å². The zero-order valence-corrected chi connectivity index (χ0v) is 11.2. The molecule has 0 aliphatic heterocycles. The lowest BCUT2D eigenvalue weighted by Gasteiger charge is -2.31. The Labute approximate surface area is 100.0 Å². The second-order valence-electron chi connectivity index (χ2n) is 4.23. The maximum Gasteiger partial charge on any atom is 0.0615 e. The van der Waals surface area contributed by atoms with Crippen LogP contribution in [0.25, 0.3) is 0 Å². The van der Waals surface area contributed by atoms with Crippen molar-refractivity contribution >= 4 is 0 Å². The van der Waals surface area contributed by atoms with Gasteiger partial charge in [0.1, 0.15) is 0 Å². The highest BCUT2D eigenvalue weighted by Crippen LogP contribution is 2.01. The first-order valence-corrected chi connectivity index (χ1v) is 6.26. The Morgan fingerprint density at radius 1 is 1.38 bits per heavy atom. The van der Waals surface area contributed by atoms with Gasteiger partial charge in [-0.1, -0.05) is 13.8 Å². The van der Waals surface area contributed by atoms with E-state index in [9.17, 15) is 5.11 Å². The number of hydrogen-bond acceptors (Lipinski definition) is 4. The van der Waals surface area contributed by atoms with Crippen LogP contribution in [0.5, 0.6) is 0 Å². The summed E-state index contributed by atoms with van der Waals surface area (Å²) in [5.41, 5.74) is 0. The molecule has 0 aromatic heterocycles. The minimum Gasteiger partial charge on any atom is -0.395 e. The molecule has 2 N–H and O–H groups in total.